The molecule has 1 aliphatic rings. The second kappa shape index (κ2) is 5.12. The van der Waals surface area contributed by atoms with Gasteiger partial charge in [0.25, 0.3) is 0 Å². The van der Waals surface area contributed by atoms with Crippen LogP contribution in [0.5, 0.6) is 0 Å². The van der Waals surface area contributed by atoms with Gasteiger partial charge in [0.1, 0.15) is 11.6 Å². The zero-order valence-corrected chi connectivity index (χ0v) is 10.9. The first-order valence-electron chi connectivity index (χ1n) is 6.09. The summed E-state index contributed by atoms with van der Waals surface area (Å²) in [5, 5.41) is 8.31. The Morgan fingerprint density at radius 1 is 1.29 bits per heavy atom. The topological polar surface area (TPSA) is 63.2 Å². The number of nitrogens with zero attached hydrogens (tertiary/aromatic N) is 5. The van der Waals surface area contributed by atoms with Crippen molar-refractivity contribution in [3.8, 4) is 0 Å². The second-order valence-corrected chi connectivity index (χ2v) is 4.84. The fourth-order valence-corrected chi connectivity index (χ4v) is 2.25. The van der Waals surface area contributed by atoms with Crippen molar-refractivity contribution in [2.75, 3.05) is 33.2 Å². The highest BCUT2D eigenvalue weighted by molar-refractivity contribution is 4.94. The molecule has 2 N–H and O–H groups in total. The van der Waals surface area contributed by atoms with Crippen LogP contribution in [-0.4, -0.2) is 63.8 Å². The van der Waals surface area contributed by atoms with Crippen LogP contribution in [0, 0.1) is 6.92 Å². The van der Waals surface area contributed by atoms with Gasteiger partial charge in [-0.2, -0.15) is 0 Å². The van der Waals surface area contributed by atoms with Crippen molar-refractivity contribution >= 4 is 0 Å². The third-order valence-corrected chi connectivity index (χ3v) is 3.61. The van der Waals surface area contributed by atoms with Crippen LogP contribution in [0.15, 0.2) is 0 Å². The van der Waals surface area contributed by atoms with Crippen LogP contribution in [0.2, 0.25) is 0 Å². The van der Waals surface area contributed by atoms with E-state index in [1.54, 1.807) is 0 Å². The number of aromatic nitrogens is 3. The van der Waals surface area contributed by atoms with Gasteiger partial charge in [0.05, 0.1) is 6.54 Å². The first kappa shape index (κ1) is 12.5. The third-order valence-electron chi connectivity index (χ3n) is 3.61. The maximum atomic E-state index is 5.84. The van der Waals surface area contributed by atoms with Crippen molar-refractivity contribution in [2.45, 2.75) is 19.5 Å². The van der Waals surface area contributed by atoms with Crippen molar-refractivity contribution in [3.05, 3.63) is 11.6 Å². The minimum Gasteiger partial charge on any atom is -0.329 e. The van der Waals surface area contributed by atoms with E-state index in [-0.39, 0.29) is 0 Å². The molecule has 2 rings (SSSR count). The predicted octanol–water partition coefficient (Wildman–Crippen LogP) is -0.802. The summed E-state index contributed by atoms with van der Waals surface area (Å²) in [7, 11) is 4.16. The second-order valence-electron chi connectivity index (χ2n) is 4.84. The minimum absolute atomic E-state index is 0.422. The van der Waals surface area contributed by atoms with Crippen LogP contribution in [0.3, 0.4) is 0 Å². The highest BCUT2D eigenvalue weighted by Gasteiger charge is 2.25. The van der Waals surface area contributed by atoms with Crippen LogP contribution in [0.25, 0.3) is 0 Å². The van der Waals surface area contributed by atoms with Gasteiger partial charge in [-0.3, -0.25) is 4.90 Å². The molecular formula is C11H22N6. The molecule has 1 aliphatic heterocycles. The molecule has 0 amide bonds. The smallest absolute Gasteiger partial charge is 0.146 e. The molecule has 1 unspecified atom stereocenters. The molecule has 1 saturated heterocycles. The van der Waals surface area contributed by atoms with Gasteiger partial charge in [0.15, 0.2) is 0 Å². The van der Waals surface area contributed by atoms with Crippen molar-refractivity contribution in [3.63, 3.8) is 0 Å². The summed E-state index contributed by atoms with van der Waals surface area (Å²) in [5.41, 5.74) is 5.84. The SMILES string of the molecule is Cc1nnc(CN2CCN(C)CC2CN)n1C. The number of likely N-dealkylation sites (N-methyl/N-ethyl adjacent to an activating group) is 1. The maximum Gasteiger partial charge on any atom is 0.146 e. The van der Waals surface area contributed by atoms with Gasteiger partial charge in [-0.05, 0) is 14.0 Å². The molecule has 0 saturated carbocycles. The van der Waals surface area contributed by atoms with Crippen molar-refractivity contribution < 1.29 is 0 Å². The predicted molar refractivity (Wildman–Crippen MR) is 66.5 cm³/mol. The normalized spacial score (nSPS) is 23.2. The molecule has 0 aromatic carbocycles. The lowest BCUT2D eigenvalue weighted by Crippen LogP contribution is -2.54. The van der Waals surface area contributed by atoms with Crippen LogP contribution in [0.1, 0.15) is 11.6 Å². The van der Waals surface area contributed by atoms with E-state index in [0.29, 0.717) is 12.6 Å². The Balaban J connectivity index is 2.04. The fourth-order valence-electron chi connectivity index (χ4n) is 2.25. The average molecular weight is 238 g/mol. The summed E-state index contributed by atoms with van der Waals surface area (Å²) in [6.45, 7) is 6.68. The summed E-state index contributed by atoms with van der Waals surface area (Å²) in [5.74, 6) is 1.98. The van der Waals surface area contributed by atoms with Gasteiger partial charge in [0, 0.05) is 39.3 Å². The van der Waals surface area contributed by atoms with E-state index < -0.39 is 0 Å². The molecule has 6 nitrogen and oxygen atoms in total. The molecule has 0 spiro atoms. The molecule has 1 fully saturated rings. The maximum absolute atomic E-state index is 5.84. The van der Waals surface area contributed by atoms with Crippen molar-refractivity contribution in [1.82, 2.24) is 24.6 Å². The highest BCUT2D eigenvalue weighted by Crippen LogP contribution is 2.11. The van der Waals surface area contributed by atoms with Gasteiger partial charge in [0.2, 0.25) is 0 Å². The Morgan fingerprint density at radius 2 is 2.06 bits per heavy atom. The number of rotatable bonds is 3. The molecule has 0 radical (unpaired) electrons. The summed E-state index contributed by atoms with van der Waals surface area (Å²) >= 11 is 0. The molecule has 17 heavy (non-hydrogen) atoms. The van der Waals surface area contributed by atoms with Crippen LogP contribution < -0.4 is 5.73 Å². The largest absolute Gasteiger partial charge is 0.329 e. The molecular weight excluding hydrogens is 216 g/mol. The Kier molecular flexibility index (Phi) is 3.76. The molecule has 6 heteroatoms. The third kappa shape index (κ3) is 2.65. The Morgan fingerprint density at radius 3 is 2.65 bits per heavy atom. The summed E-state index contributed by atoms with van der Waals surface area (Å²) < 4.78 is 2.05. The first-order chi connectivity index (χ1) is 8.11. The lowest BCUT2D eigenvalue weighted by atomic mass is 10.1. The average Bonchev–Trinajstić information content (AvgIpc) is 2.63. The lowest BCUT2D eigenvalue weighted by molar-refractivity contribution is 0.0849. The lowest BCUT2D eigenvalue weighted by Gasteiger charge is -2.39. The quantitative estimate of drug-likeness (QED) is 0.747. The van der Waals surface area contributed by atoms with Crippen LogP contribution in [-0.2, 0) is 13.6 Å². The van der Waals surface area contributed by atoms with E-state index in [1.165, 1.54) is 0 Å². The fraction of sp³-hybridized carbons (Fsp3) is 0.818. The van der Waals surface area contributed by atoms with E-state index in [1.807, 2.05) is 18.5 Å². The minimum atomic E-state index is 0.422. The van der Waals surface area contributed by atoms with Gasteiger partial charge in [-0.1, -0.05) is 0 Å². The van der Waals surface area contributed by atoms with Crippen molar-refractivity contribution in [2.24, 2.45) is 12.8 Å². The van der Waals surface area contributed by atoms with Gasteiger partial charge >= 0.3 is 0 Å². The van der Waals surface area contributed by atoms with Gasteiger partial charge in [-0.25, -0.2) is 0 Å². The standard InChI is InChI=1S/C11H22N6/c1-9-13-14-11(16(9)3)8-17-5-4-15(2)7-10(17)6-12/h10H,4-8,12H2,1-3H3. The number of aryl methyl sites for hydroxylation is 1. The van der Waals surface area contributed by atoms with E-state index in [4.69, 9.17) is 5.73 Å². The molecule has 2 heterocycles. The molecule has 1 atom stereocenters. The molecule has 1 aromatic rings. The highest BCUT2D eigenvalue weighted by atomic mass is 15.3. The van der Waals surface area contributed by atoms with Crippen LogP contribution >= 0.6 is 0 Å². The number of piperazine rings is 1. The summed E-state index contributed by atoms with van der Waals surface area (Å²) in [6, 6.07) is 0.422. The van der Waals surface area contributed by atoms with Crippen LogP contribution in [0.4, 0.5) is 0 Å². The van der Waals surface area contributed by atoms with Crippen molar-refractivity contribution in [1.29, 1.82) is 0 Å². The van der Waals surface area contributed by atoms with E-state index in [0.717, 1.165) is 37.8 Å². The zero-order valence-electron chi connectivity index (χ0n) is 10.9. The first-order valence-corrected chi connectivity index (χ1v) is 6.09. The number of nitrogens with two attached hydrogens (primary N) is 1. The monoisotopic (exact) mass is 238 g/mol. The summed E-state index contributed by atoms with van der Waals surface area (Å²) in [6.07, 6.45) is 0. The zero-order chi connectivity index (χ0) is 12.4. The Labute approximate surface area is 102 Å². The molecule has 0 aliphatic carbocycles. The molecule has 96 valence electrons. The Hall–Kier alpha value is -0.980. The number of hydrogen-bond donors (Lipinski definition) is 1. The molecule has 0 bridgehead atoms. The number of hydrogen-bond acceptors (Lipinski definition) is 5. The van der Waals surface area contributed by atoms with Gasteiger partial charge in [-0.15, -0.1) is 10.2 Å². The van der Waals surface area contributed by atoms with E-state index in [9.17, 15) is 0 Å². The van der Waals surface area contributed by atoms with Gasteiger partial charge < -0.3 is 15.2 Å². The summed E-state index contributed by atoms with van der Waals surface area (Å²) in [4.78, 5) is 4.74. The van der Waals surface area contributed by atoms with E-state index >= 15 is 0 Å². The van der Waals surface area contributed by atoms with E-state index in [2.05, 4.69) is 27.0 Å². The molecule has 1 aromatic heterocycles. The Bertz CT molecular complexity index is 374.